The van der Waals surface area contributed by atoms with E-state index in [9.17, 15) is 14.4 Å². The molecule has 1 saturated heterocycles. The molecule has 148 valence electrons. The van der Waals surface area contributed by atoms with E-state index in [1.165, 1.54) is 11.0 Å². The highest BCUT2D eigenvalue weighted by molar-refractivity contribution is 6.26. The predicted octanol–water partition coefficient (Wildman–Crippen LogP) is 2.04. The van der Waals surface area contributed by atoms with E-state index < -0.39 is 17.4 Å². The molecule has 1 atom stereocenters. The Morgan fingerprint density at radius 1 is 1.14 bits per heavy atom. The Bertz CT molecular complexity index is 1030. The Kier molecular flexibility index (Phi) is 4.68. The minimum absolute atomic E-state index is 0.0817. The molecule has 0 aliphatic carbocycles. The largest absolute Gasteiger partial charge is 0.456 e. The van der Waals surface area contributed by atoms with Crippen molar-refractivity contribution in [3.05, 3.63) is 77.0 Å². The number of aryl methyl sites for hydroxylation is 2. The standard InChI is InChI=1S/C22H21N3O4/c1-14-8-9-15(2)18(10-14)25-19(26)12-22(21(25)28)11-17(23-24-22)20(27)29-13-16-6-4-3-5-7-16/h3-11,23-24H,12-13H2,1-2H3/t22-/m1/s1. The second-order valence-electron chi connectivity index (χ2n) is 7.34. The average Bonchev–Trinajstić information content (AvgIpc) is 3.24. The average molecular weight is 391 g/mol. The zero-order valence-corrected chi connectivity index (χ0v) is 16.2. The molecular weight excluding hydrogens is 370 g/mol. The molecule has 0 bridgehead atoms. The number of nitrogens with one attached hydrogen (secondary N) is 2. The van der Waals surface area contributed by atoms with Gasteiger partial charge < -0.3 is 10.2 Å². The molecule has 0 aromatic heterocycles. The highest BCUT2D eigenvalue weighted by atomic mass is 16.5. The molecule has 2 amide bonds. The fraction of sp³-hybridized carbons (Fsp3) is 0.227. The number of rotatable bonds is 4. The van der Waals surface area contributed by atoms with Crippen molar-refractivity contribution in [1.29, 1.82) is 0 Å². The first-order chi connectivity index (χ1) is 13.9. The van der Waals surface area contributed by atoms with Gasteiger partial charge in [-0.2, -0.15) is 0 Å². The van der Waals surface area contributed by atoms with Crippen molar-refractivity contribution in [3.63, 3.8) is 0 Å². The maximum atomic E-state index is 13.2. The molecular formula is C22H21N3O4. The van der Waals surface area contributed by atoms with Gasteiger partial charge in [0.2, 0.25) is 5.91 Å². The van der Waals surface area contributed by atoms with Crippen LogP contribution in [0, 0.1) is 13.8 Å². The lowest BCUT2D eigenvalue weighted by atomic mass is 9.98. The van der Waals surface area contributed by atoms with Crippen LogP contribution in [-0.4, -0.2) is 23.3 Å². The Morgan fingerprint density at radius 3 is 2.66 bits per heavy atom. The Labute approximate surface area is 168 Å². The van der Waals surface area contributed by atoms with E-state index in [4.69, 9.17) is 4.74 Å². The van der Waals surface area contributed by atoms with E-state index in [0.29, 0.717) is 5.69 Å². The van der Waals surface area contributed by atoms with Crippen LogP contribution >= 0.6 is 0 Å². The molecule has 1 fully saturated rings. The number of esters is 1. The first-order valence-corrected chi connectivity index (χ1v) is 9.31. The van der Waals surface area contributed by atoms with E-state index in [0.717, 1.165) is 16.7 Å². The number of hydrogen-bond donors (Lipinski definition) is 2. The highest BCUT2D eigenvalue weighted by Gasteiger charge is 2.54. The number of carbonyl (C=O) groups is 3. The van der Waals surface area contributed by atoms with Crippen molar-refractivity contribution in [1.82, 2.24) is 10.9 Å². The molecule has 1 spiro atoms. The first-order valence-electron chi connectivity index (χ1n) is 9.31. The molecule has 0 unspecified atom stereocenters. The van der Waals surface area contributed by atoms with Crippen molar-refractivity contribution >= 4 is 23.5 Å². The number of amides is 2. The van der Waals surface area contributed by atoms with Crippen molar-refractivity contribution in [2.24, 2.45) is 0 Å². The van der Waals surface area contributed by atoms with Gasteiger partial charge in [-0.1, -0.05) is 42.5 Å². The van der Waals surface area contributed by atoms with Gasteiger partial charge in [-0.15, -0.1) is 0 Å². The number of imide groups is 1. The maximum absolute atomic E-state index is 13.2. The van der Waals surface area contributed by atoms with Crippen LogP contribution in [-0.2, 0) is 25.7 Å². The summed E-state index contributed by atoms with van der Waals surface area (Å²) in [4.78, 5) is 39.4. The quantitative estimate of drug-likeness (QED) is 0.613. The van der Waals surface area contributed by atoms with E-state index in [1.54, 1.807) is 0 Å². The van der Waals surface area contributed by atoms with Gasteiger partial charge in [0.05, 0.1) is 12.1 Å². The van der Waals surface area contributed by atoms with Gasteiger partial charge in [0.15, 0.2) is 0 Å². The van der Waals surface area contributed by atoms with Crippen LogP contribution in [0.3, 0.4) is 0 Å². The van der Waals surface area contributed by atoms with Gasteiger partial charge in [0.1, 0.15) is 17.8 Å². The molecule has 29 heavy (non-hydrogen) atoms. The molecule has 2 heterocycles. The van der Waals surface area contributed by atoms with Crippen LogP contribution in [0.1, 0.15) is 23.1 Å². The molecule has 0 saturated carbocycles. The lowest BCUT2D eigenvalue weighted by molar-refractivity contribution is -0.140. The minimum atomic E-state index is -1.30. The summed E-state index contributed by atoms with van der Waals surface area (Å²) in [6.07, 6.45) is 1.37. The van der Waals surface area contributed by atoms with Gasteiger partial charge in [-0.25, -0.2) is 15.1 Å². The number of benzene rings is 2. The molecule has 0 radical (unpaired) electrons. The van der Waals surface area contributed by atoms with E-state index >= 15 is 0 Å². The maximum Gasteiger partial charge on any atom is 0.355 e. The summed E-state index contributed by atoms with van der Waals surface area (Å²) >= 11 is 0. The summed E-state index contributed by atoms with van der Waals surface area (Å²) in [5.41, 5.74) is 7.54. The Balaban J connectivity index is 1.54. The van der Waals surface area contributed by atoms with E-state index in [1.807, 2.05) is 62.4 Å². The second kappa shape index (κ2) is 7.18. The zero-order chi connectivity index (χ0) is 20.6. The third kappa shape index (κ3) is 3.40. The summed E-state index contributed by atoms with van der Waals surface area (Å²) in [5, 5.41) is 0. The fourth-order valence-corrected chi connectivity index (χ4v) is 3.53. The highest BCUT2D eigenvalue weighted by Crippen LogP contribution is 2.34. The molecule has 2 N–H and O–H groups in total. The van der Waals surface area contributed by atoms with E-state index in [2.05, 4.69) is 10.9 Å². The van der Waals surface area contributed by atoms with Crippen LogP contribution in [0.5, 0.6) is 0 Å². The molecule has 2 aromatic rings. The number of hydrogen-bond acceptors (Lipinski definition) is 6. The number of anilines is 1. The number of carbonyl (C=O) groups excluding carboxylic acids is 3. The van der Waals surface area contributed by atoms with Crippen molar-refractivity contribution in [3.8, 4) is 0 Å². The number of hydrazine groups is 1. The van der Waals surface area contributed by atoms with Crippen LogP contribution < -0.4 is 15.8 Å². The second-order valence-corrected chi connectivity index (χ2v) is 7.34. The summed E-state index contributed by atoms with van der Waals surface area (Å²) in [5.74, 6) is -1.34. The third-order valence-corrected chi connectivity index (χ3v) is 5.11. The SMILES string of the molecule is Cc1ccc(C)c(N2C(=O)C[C@]3(C=C(C(=O)OCc4ccccc4)NN3)C2=O)c1. The molecule has 2 aliphatic heterocycles. The minimum Gasteiger partial charge on any atom is -0.456 e. The van der Waals surface area contributed by atoms with Crippen molar-refractivity contribution < 1.29 is 19.1 Å². The first kappa shape index (κ1) is 18.9. The molecule has 2 aromatic carbocycles. The van der Waals surface area contributed by atoms with Crippen molar-refractivity contribution in [2.75, 3.05) is 4.90 Å². The van der Waals surface area contributed by atoms with Crippen molar-refractivity contribution in [2.45, 2.75) is 32.4 Å². The molecule has 2 aliphatic rings. The summed E-state index contributed by atoms with van der Waals surface area (Å²) in [7, 11) is 0. The van der Waals surface area contributed by atoms with E-state index in [-0.39, 0.29) is 24.6 Å². The summed E-state index contributed by atoms with van der Waals surface area (Å²) in [6, 6.07) is 14.9. The summed E-state index contributed by atoms with van der Waals surface area (Å²) < 4.78 is 5.30. The van der Waals surface area contributed by atoms with Gasteiger partial charge in [0, 0.05) is 0 Å². The zero-order valence-electron chi connectivity index (χ0n) is 16.2. The van der Waals surface area contributed by atoms with Gasteiger partial charge in [0.25, 0.3) is 5.91 Å². The van der Waals surface area contributed by atoms with Crippen LogP contribution in [0.15, 0.2) is 60.3 Å². The van der Waals surface area contributed by atoms with Gasteiger partial charge in [-0.05, 0) is 42.7 Å². The predicted molar refractivity (Wildman–Crippen MR) is 106 cm³/mol. The number of nitrogens with zero attached hydrogens (tertiary/aromatic N) is 1. The van der Waals surface area contributed by atoms with Gasteiger partial charge >= 0.3 is 5.97 Å². The lowest BCUT2D eigenvalue weighted by Crippen LogP contribution is -2.51. The lowest BCUT2D eigenvalue weighted by Gasteiger charge is -2.21. The Morgan fingerprint density at radius 2 is 1.90 bits per heavy atom. The van der Waals surface area contributed by atoms with Gasteiger partial charge in [-0.3, -0.25) is 9.59 Å². The molecule has 7 nitrogen and oxygen atoms in total. The number of ether oxygens (including phenoxy) is 1. The molecule has 4 rings (SSSR count). The van der Waals surface area contributed by atoms with Crippen LogP contribution in [0.25, 0.3) is 0 Å². The normalized spacial score (nSPS) is 20.8. The summed E-state index contributed by atoms with van der Waals surface area (Å²) in [6.45, 7) is 3.87. The monoisotopic (exact) mass is 391 g/mol. The fourth-order valence-electron chi connectivity index (χ4n) is 3.53. The smallest absolute Gasteiger partial charge is 0.355 e. The van der Waals surface area contributed by atoms with Crippen LogP contribution in [0.4, 0.5) is 5.69 Å². The topological polar surface area (TPSA) is 87.7 Å². The van der Waals surface area contributed by atoms with Crippen LogP contribution in [0.2, 0.25) is 0 Å². The third-order valence-electron chi connectivity index (χ3n) is 5.11. The molecule has 7 heteroatoms. The Hall–Kier alpha value is -3.45.